The molecule has 5 aliphatic carbocycles. The Balaban J connectivity index is 0.771. The molecule has 0 aromatic heterocycles. The van der Waals surface area contributed by atoms with Crippen LogP contribution in [0.1, 0.15) is 120 Å². The minimum Gasteiger partial charge on any atom is -0.432 e. The van der Waals surface area contributed by atoms with E-state index < -0.39 is 220 Å². The molecule has 0 aromatic rings. The largest absolute Gasteiger partial charge is 0.432 e. The van der Waals surface area contributed by atoms with Crippen molar-refractivity contribution in [3.8, 4) is 0 Å². The number of fused-ring (bicyclic) bond motifs is 7. The summed E-state index contributed by atoms with van der Waals surface area (Å²) in [7, 11) is 0. The van der Waals surface area contributed by atoms with E-state index in [0.717, 1.165) is 12.0 Å². The van der Waals surface area contributed by atoms with E-state index in [1.54, 1.807) is 0 Å². The average molecular weight is 1350 g/mol. The van der Waals surface area contributed by atoms with E-state index >= 15 is 4.79 Å². The molecule has 0 spiro atoms. The number of hydrogen-bond acceptors (Lipinski definition) is 30. The summed E-state index contributed by atoms with van der Waals surface area (Å²) in [5, 5.41) is 185. The van der Waals surface area contributed by atoms with Gasteiger partial charge in [-0.15, -0.1) is 0 Å². The number of esters is 1. The Morgan fingerprint density at radius 3 is 1.77 bits per heavy atom. The summed E-state index contributed by atoms with van der Waals surface area (Å²) in [6.45, 7) is 13.7. The van der Waals surface area contributed by atoms with Crippen LogP contribution in [-0.4, -0.2) is 304 Å². The number of hydrogen-bond donors (Lipinski definition) is 17. The summed E-state index contributed by atoms with van der Waals surface area (Å²) in [5.41, 5.74) is -2.22. The van der Waals surface area contributed by atoms with Gasteiger partial charge in [-0.1, -0.05) is 53.2 Å². The van der Waals surface area contributed by atoms with Gasteiger partial charge < -0.3 is 144 Å². The van der Waals surface area contributed by atoms with Gasteiger partial charge in [0.2, 0.25) is 6.29 Å². The van der Waals surface area contributed by atoms with Crippen LogP contribution in [0.3, 0.4) is 0 Å². The zero-order valence-electron chi connectivity index (χ0n) is 54.6. The van der Waals surface area contributed by atoms with Crippen molar-refractivity contribution in [2.45, 2.75) is 298 Å². The lowest BCUT2D eigenvalue weighted by Gasteiger charge is -2.71. The normalized spacial score (nSPS) is 55.3. The van der Waals surface area contributed by atoms with Gasteiger partial charge in [-0.2, -0.15) is 0 Å². The van der Waals surface area contributed by atoms with Crippen LogP contribution in [0.5, 0.6) is 0 Å². The van der Waals surface area contributed by atoms with Crippen LogP contribution in [0.15, 0.2) is 11.6 Å². The van der Waals surface area contributed by atoms with Crippen molar-refractivity contribution in [1.82, 2.24) is 0 Å². The van der Waals surface area contributed by atoms with Gasteiger partial charge >= 0.3 is 5.97 Å². The molecular weight excluding hydrogens is 1250 g/mol. The molecule has 17 N–H and O–H groups in total. The molecule has 0 aromatic carbocycles. The summed E-state index contributed by atoms with van der Waals surface area (Å²) in [5.74, 6) is -1.01. The van der Waals surface area contributed by atoms with Crippen LogP contribution >= 0.6 is 0 Å². The van der Waals surface area contributed by atoms with E-state index in [-0.39, 0.29) is 47.2 Å². The second-order valence-corrected chi connectivity index (χ2v) is 30.8. The first-order valence-corrected chi connectivity index (χ1v) is 33.5. The number of carbonyl (C=O) groups excluding carboxylic acids is 1. The Hall–Kier alpha value is -1.91. The molecule has 11 aliphatic rings. The molecule has 4 saturated carbocycles. The topological polar surface area (TPSA) is 472 Å². The van der Waals surface area contributed by atoms with Gasteiger partial charge in [-0.3, -0.25) is 4.79 Å². The molecular formula is C64H104O30. The minimum absolute atomic E-state index is 0.0747. The number of aliphatic hydroxyl groups excluding tert-OH is 17. The van der Waals surface area contributed by atoms with Gasteiger partial charge in [0, 0.05) is 5.41 Å². The maximum Gasteiger partial charge on any atom is 0.315 e. The van der Waals surface area contributed by atoms with Crippen LogP contribution < -0.4 is 0 Å². The molecule has 11 rings (SSSR count). The third-order valence-corrected chi connectivity index (χ3v) is 24.9. The highest BCUT2D eigenvalue weighted by molar-refractivity contribution is 5.79. The molecule has 10 fully saturated rings. The fourth-order valence-electron chi connectivity index (χ4n) is 18.7. The quantitative estimate of drug-likeness (QED) is 0.0421. The van der Waals surface area contributed by atoms with E-state index in [2.05, 4.69) is 40.7 Å². The van der Waals surface area contributed by atoms with Gasteiger partial charge in [-0.05, 0) is 117 Å². The Morgan fingerprint density at radius 2 is 1.09 bits per heavy atom. The van der Waals surface area contributed by atoms with E-state index in [1.165, 1.54) is 13.8 Å². The summed E-state index contributed by atoms with van der Waals surface area (Å²) >= 11 is 0. The van der Waals surface area contributed by atoms with Crippen LogP contribution in [0, 0.1) is 50.2 Å². The highest BCUT2D eigenvalue weighted by Crippen LogP contribution is 2.76. The molecule has 0 amide bonds. The lowest BCUT2D eigenvalue weighted by molar-refractivity contribution is -0.379. The Labute approximate surface area is 545 Å². The predicted octanol–water partition coefficient (Wildman–Crippen LogP) is -4.08. The highest BCUT2D eigenvalue weighted by atomic mass is 16.8. The fourth-order valence-corrected chi connectivity index (χ4v) is 18.7. The molecule has 0 radical (unpaired) electrons. The molecule has 37 atom stereocenters. The molecule has 6 saturated heterocycles. The van der Waals surface area contributed by atoms with Crippen molar-refractivity contribution in [3.05, 3.63) is 11.6 Å². The van der Waals surface area contributed by atoms with Crippen molar-refractivity contribution in [3.63, 3.8) is 0 Å². The lowest BCUT2D eigenvalue weighted by Crippen LogP contribution is -2.67. The number of allylic oxidation sites excluding steroid dienone is 2. The van der Waals surface area contributed by atoms with E-state index in [4.69, 9.17) is 56.8 Å². The first-order chi connectivity index (χ1) is 44.1. The minimum atomic E-state index is -1.92. The molecule has 94 heavy (non-hydrogen) atoms. The van der Waals surface area contributed by atoms with Gasteiger partial charge in [0.05, 0.1) is 56.8 Å². The Morgan fingerprint density at radius 1 is 0.511 bits per heavy atom. The number of rotatable bonds is 15. The summed E-state index contributed by atoms with van der Waals surface area (Å²) in [4.78, 5) is 15.3. The monoisotopic (exact) mass is 1350 g/mol. The standard InChI is InChI=1S/C64H104O30/c1-25-36(69)41(74)45(78)54(86-25)91-49-31(20-65)88-52(47(80)43(49)76)85-23-32-40(73)42(75)46(79)55(89-32)94-58(82)64-17-15-59(3,4)19-28(64)27-9-10-34-60(5)13-12-35(61(6,24-66)33(60)11-14-63(34,8)62(27,7)16-18-64)90-57-51(39(72)30(68)22-84-57)93-56-48(81)50(37(70)26(2)87-56)92-53-44(77)38(71)29(67)21-83-53/h9,25-26,28-57,65-81H,10-24H2,1-8H3/t25-,26-,28-,29-,30-,31-,32-,33-,34-,35-,36-,37-,38+,39+,40-,41+,42+,43-,44-,45-,46-,47-,48-,49-,50+,51-,52-,53+,54+,55+,56+,57+,60+,61-,62-,63-,64-/m0/s1. The maximum absolute atomic E-state index is 15.3. The first-order valence-electron chi connectivity index (χ1n) is 33.5. The molecule has 6 aliphatic heterocycles. The van der Waals surface area contributed by atoms with Crippen molar-refractivity contribution < 1.29 is 148 Å². The van der Waals surface area contributed by atoms with Crippen molar-refractivity contribution in [1.29, 1.82) is 0 Å². The molecule has 30 heteroatoms. The summed E-state index contributed by atoms with van der Waals surface area (Å²) in [6, 6.07) is 0. The predicted molar refractivity (Wildman–Crippen MR) is 315 cm³/mol. The summed E-state index contributed by atoms with van der Waals surface area (Å²) in [6.07, 6.45) is -37.4. The Bertz CT molecular complexity index is 2640. The number of ether oxygens (including phenoxy) is 12. The first kappa shape index (κ1) is 73.3. The van der Waals surface area contributed by atoms with Crippen LogP contribution in [-0.2, 0) is 61.6 Å². The number of aliphatic hydroxyl groups is 17. The molecule has 30 nitrogen and oxygen atoms in total. The van der Waals surface area contributed by atoms with Crippen molar-refractivity contribution in [2.24, 2.45) is 50.2 Å². The molecule has 540 valence electrons. The lowest BCUT2D eigenvalue weighted by atomic mass is 9.33. The summed E-state index contributed by atoms with van der Waals surface area (Å²) < 4.78 is 71.3. The van der Waals surface area contributed by atoms with Gasteiger partial charge in [0.25, 0.3) is 0 Å². The fraction of sp³-hybridized carbons (Fsp3) is 0.953. The van der Waals surface area contributed by atoms with Crippen LogP contribution in [0.25, 0.3) is 0 Å². The number of carbonyl (C=O) groups is 1. The smallest absolute Gasteiger partial charge is 0.315 e. The van der Waals surface area contributed by atoms with E-state index in [1.807, 2.05) is 6.92 Å². The van der Waals surface area contributed by atoms with Crippen molar-refractivity contribution >= 4 is 5.97 Å². The van der Waals surface area contributed by atoms with Crippen LogP contribution in [0.2, 0.25) is 0 Å². The Kier molecular flexibility index (Phi) is 21.4. The third-order valence-electron chi connectivity index (χ3n) is 24.9. The van der Waals surface area contributed by atoms with E-state index in [9.17, 15) is 86.8 Å². The van der Waals surface area contributed by atoms with Gasteiger partial charge in [0.15, 0.2) is 31.5 Å². The second-order valence-electron chi connectivity index (χ2n) is 30.8. The molecule has 6 heterocycles. The van der Waals surface area contributed by atoms with E-state index in [0.29, 0.717) is 57.8 Å². The third kappa shape index (κ3) is 12.5. The zero-order chi connectivity index (χ0) is 68.4. The highest BCUT2D eigenvalue weighted by Gasteiger charge is 2.71. The van der Waals surface area contributed by atoms with Gasteiger partial charge in [0.1, 0.15) is 122 Å². The van der Waals surface area contributed by atoms with Gasteiger partial charge in [-0.25, -0.2) is 0 Å². The average Bonchev–Trinajstić information content (AvgIpc) is 0.676. The SMILES string of the molecule is C[C@@H]1O[C@H](O[C@@H]2[C@@H](O)[C@H](O)[C@@H](OC[C@@H]3O[C@H](OC(=O)[C@]45CCC(C)(C)C[C@H]4C4=CC[C@H]6[C@]7(C)CC[C@H](O[C@H]8OC[C@H](O)[C@@H](O)[C@@H]8O[C@H]8O[C@@H](C)[C@H](O)[C@@H](O[C@H]9OC[C@H](O)[C@@H](O)[C@@H]9O)[C@@H]8O)[C@@](C)(CO)[C@H]7CC[C@]6(C)[C@@]4(C)CC5)[C@@H](O)[C@H](O)[C@H]3O)O[C@H]2CO)[C@@H](O)[C@H](O)[C@H]1O. The van der Waals surface area contributed by atoms with Crippen molar-refractivity contribution in [2.75, 3.05) is 33.0 Å². The maximum atomic E-state index is 15.3. The molecule has 0 bridgehead atoms. The zero-order valence-corrected chi connectivity index (χ0v) is 54.6. The molecule has 0 unspecified atom stereocenters. The second kappa shape index (κ2) is 27.5. The van der Waals surface area contributed by atoms with Crippen LogP contribution in [0.4, 0.5) is 0 Å².